The summed E-state index contributed by atoms with van der Waals surface area (Å²) in [5, 5.41) is 9.91. The molecule has 68 valence electrons. The van der Waals surface area contributed by atoms with E-state index in [1.807, 2.05) is 7.05 Å². The van der Waals surface area contributed by atoms with Crippen LogP contribution in [0.5, 0.6) is 0 Å². The van der Waals surface area contributed by atoms with Crippen LogP contribution >= 0.6 is 15.9 Å². The van der Waals surface area contributed by atoms with Gasteiger partial charge in [-0.25, -0.2) is 0 Å². The van der Waals surface area contributed by atoms with Gasteiger partial charge in [-0.2, -0.15) is 0 Å². The molecule has 0 rings (SSSR count). The largest absolute Gasteiger partial charge is 0.391 e. The summed E-state index contributed by atoms with van der Waals surface area (Å²) in [5.74, 6) is 0.669. The molecule has 1 unspecified atom stereocenters. The van der Waals surface area contributed by atoms with Crippen LogP contribution in [0, 0.1) is 5.92 Å². The Bertz CT molecular complexity index is 98.1. The molecule has 0 aliphatic heterocycles. The lowest BCUT2D eigenvalue weighted by molar-refractivity contribution is 0.139. The molecule has 0 aromatic heterocycles. The monoisotopic (exact) mass is 223 g/mol. The average Bonchev–Trinajstić information content (AvgIpc) is 1.85. The molecule has 1 atom stereocenters. The van der Waals surface area contributed by atoms with Crippen molar-refractivity contribution >= 4 is 15.9 Å². The van der Waals surface area contributed by atoms with Gasteiger partial charge in [-0.3, -0.25) is 0 Å². The quantitative estimate of drug-likeness (QED) is 0.712. The molecule has 0 aliphatic carbocycles. The highest BCUT2D eigenvalue weighted by Gasteiger charge is 2.06. The van der Waals surface area contributed by atoms with E-state index in [1.54, 1.807) is 0 Å². The standard InChI is InChI=1S/C8H18BrNO/c1-7(2)5-10(3)6-8(11)4-9/h7-8,11H,4-6H2,1-3H3. The van der Waals surface area contributed by atoms with Gasteiger partial charge >= 0.3 is 0 Å². The minimum Gasteiger partial charge on any atom is -0.391 e. The number of likely N-dealkylation sites (N-methyl/N-ethyl adjacent to an activating group) is 1. The van der Waals surface area contributed by atoms with Gasteiger partial charge in [0.2, 0.25) is 0 Å². The van der Waals surface area contributed by atoms with Crippen LogP contribution in [-0.2, 0) is 0 Å². The predicted molar refractivity (Wildman–Crippen MR) is 52.1 cm³/mol. The number of alkyl halides is 1. The molecule has 0 heterocycles. The van der Waals surface area contributed by atoms with Gasteiger partial charge in [0.25, 0.3) is 0 Å². The smallest absolute Gasteiger partial charge is 0.0763 e. The summed E-state index contributed by atoms with van der Waals surface area (Å²) in [5.41, 5.74) is 0. The topological polar surface area (TPSA) is 23.5 Å². The third-order valence-corrected chi connectivity index (χ3v) is 2.12. The maximum absolute atomic E-state index is 9.25. The van der Waals surface area contributed by atoms with Crippen molar-refractivity contribution in [2.24, 2.45) is 5.92 Å². The zero-order valence-electron chi connectivity index (χ0n) is 7.55. The van der Waals surface area contributed by atoms with Crippen LogP contribution in [0.2, 0.25) is 0 Å². The van der Waals surface area contributed by atoms with Gasteiger partial charge in [-0.1, -0.05) is 29.8 Å². The fourth-order valence-corrected chi connectivity index (χ4v) is 1.31. The minimum atomic E-state index is -0.237. The number of hydrogen-bond acceptors (Lipinski definition) is 2. The summed E-state index contributed by atoms with van der Waals surface area (Å²) in [4.78, 5) is 2.15. The highest BCUT2D eigenvalue weighted by molar-refractivity contribution is 9.09. The Morgan fingerprint density at radius 3 is 2.27 bits per heavy atom. The number of nitrogens with zero attached hydrogens (tertiary/aromatic N) is 1. The lowest BCUT2D eigenvalue weighted by Crippen LogP contribution is -2.32. The molecule has 0 spiro atoms. The van der Waals surface area contributed by atoms with Gasteiger partial charge in [0, 0.05) is 18.4 Å². The van der Waals surface area contributed by atoms with Gasteiger partial charge < -0.3 is 10.0 Å². The van der Waals surface area contributed by atoms with E-state index >= 15 is 0 Å². The molecular weight excluding hydrogens is 206 g/mol. The van der Waals surface area contributed by atoms with Gasteiger partial charge in [-0.15, -0.1) is 0 Å². The summed E-state index contributed by atoms with van der Waals surface area (Å²) in [7, 11) is 2.03. The SMILES string of the molecule is CC(C)CN(C)CC(O)CBr. The Morgan fingerprint density at radius 2 is 1.91 bits per heavy atom. The zero-order valence-corrected chi connectivity index (χ0v) is 9.13. The van der Waals surface area contributed by atoms with Crippen LogP contribution < -0.4 is 0 Å². The van der Waals surface area contributed by atoms with E-state index in [9.17, 15) is 5.11 Å². The lowest BCUT2D eigenvalue weighted by atomic mass is 10.2. The Hall–Kier alpha value is 0.400. The first-order valence-corrected chi connectivity index (χ1v) is 5.11. The highest BCUT2D eigenvalue weighted by Crippen LogP contribution is 1.98. The van der Waals surface area contributed by atoms with E-state index in [2.05, 4.69) is 34.7 Å². The first-order valence-electron chi connectivity index (χ1n) is 3.98. The first-order chi connectivity index (χ1) is 5.06. The second-order valence-corrected chi connectivity index (χ2v) is 4.07. The maximum atomic E-state index is 9.25. The molecule has 0 saturated heterocycles. The fourth-order valence-electron chi connectivity index (χ4n) is 1.11. The molecule has 0 saturated carbocycles. The Labute approximate surface area is 77.7 Å². The van der Waals surface area contributed by atoms with Crippen molar-refractivity contribution in [3.8, 4) is 0 Å². The molecule has 0 aliphatic rings. The Kier molecular flexibility index (Phi) is 6.19. The van der Waals surface area contributed by atoms with Crippen molar-refractivity contribution < 1.29 is 5.11 Å². The second-order valence-electron chi connectivity index (χ2n) is 3.42. The molecule has 0 fully saturated rings. The number of aliphatic hydroxyl groups excluding tert-OH is 1. The minimum absolute atomic E-state index is 0.237. The molecule has 0 amide bonds. The van der Waals surface area contributed by atoms with Crippen LogP contribution in [0.25, 0.3) is 0 Å². The van der Waals surface area contributed by atoms with Crippen LogP contribution in [-0.4, -0.2) is 41.6 Å². The van der Waals surface area contributed by atoms with Gasteiger partial charge in [0.15, 0.2) is 0 Å². The molecule has 0 bridgehead atoms. The molecule has 0 aromatic rings. The number of hydrogen-bond donors (Lipinski definition) is 1. The van der Waals surface area contributed by atoms with Crippen LogP contribution in [0.1, 0.15) is 13.8 Å². The third-order valence-electron chi connectivity index (χ3n) is 1.38. The molecular formula is C8H18BrNO. The molecule has 0 aromatic carbocycles. The van der Waals surface area contributed by atoms with E-state index < -0.39 is 0 Å². The second kappa shape index (κ2) is 5.98. The first kappa shape index (κ1) is 11.4. The number of rotatable bonds is 5. The lowest BCUT2D eigenvalue weighted by Gasteiger charge is -2.20. The average molecular weight is 224 g/mol. The van der Waals surface area contributed by atoms with Crippen molar-refractivity contribution in [3.63, 3.8) is 0 Å². The van der Waals surface area contributed by atoms with Crippen LogP contribution in [0.15, 0.2) is 0 Å². The molecule has 0 radical (unpaired) electrons. The van der Waals surface area contributed by atoms with E-state index in [-0.39, 0.29) is 6.10 Å². The number of aliphatic hydroxyl groups is 1. The highest BCUT2D eigenvalue weighted by atomic mass is 79.9. The zero-order chi connectivity index (χ0) is 8.85. The summed E-state index contributed by atoms with van der Waals surface area (Å²) >= 11 is 3.23. The van der Waals surface area contributed by atoms with Crippen molar-refractivity contribution in [1.29, 1.82) is 0 Å². The van der Waals surface area contributed by atoms with Crippen LogP contribution in [0.4, 0.5) is 0 Å². The predicted octanol–water partition coefficient (Wildman–Crippen LogP) is 1.33. The number of halogens is 1. The summed E-state index contributed by atoms with van der Waals surface area (Å²) in [6, 6.07) is 0. The van der Waals surface area contributed by atoms with Crippen molar-refractivity contribution in [1.82, 2.24) is 4.90 Å². The normalized spacial score (nSPS) is 14.5. The van der Waals surface area contributed by atoms with Gasteiger partial charge in [0.05, 0.1) is 6.10 Å². The van der Waals surface area contributed by atoms with E-state index in [4.69, 9.17) is 0 Å². The molecule has 2 nitrogen and oxygen atoms in total. The molecule has 3 heteroatoms. The van der Waals surface area contributed by atoms with Crippen molar-refractivity contribution in [2.45, 2.75) is 20.0 Å². The third kappa shape index (κ3) is 6.78. The van der Waals surface area contributed by atoms with E-state index in [1.165, 1.54) is 0 Å². The van der Waals surface area contributed by atoms with E-state index in [0.717, 1.165) is 13.1 Å². The Morgan fingerprint density at radius 1 is 1.36 bits per heavy atom. The Balaban J connectivity index is 3.43. The summed E-state index contributed by atoms with van der Waals surface area (Å²) in [6.07, 6.45) is -0.237. The van der Waals surface area contributed by atoms with Crippen LogP contribution in [0.3, 0.4) is 0 Å². The van der Waals surface area contributed by atoms with Crippen molar-refractivity contribution in [3.05, 3.63) is 0 Å². The van der Waals surface area contributed by atoms with Crippen molar-refractivity contribution in [2.75, 3.05) is 25.5 Å². The molecule has 11 heavy (non-hydrogen) atoms. The van der Waals surface area contributed by atoms with E-state index in [0.29, 0.717) is 11.2 Å². The van der Waals surface area contributed by atoms with Gasteiger partial charge in [-0.05, 0) is 13.0 Å². The maximum Gasteiger partial charge on any atom is 0.0763 e. The summed E-state index contributed by atoms with van der Waals surface area (Å²) < 4.78 is 0. The summed E-state index contributed by atoms with van der Waals surface area (Å²) in [6.45, 7) is 6.15. The molecule has 1 N–H and O–H groups in total. The fraction of sp³-hybridized carbons (Fsp3) is 1.00. The van der Waals surface area contributed by atoms with Gasteiger partial charge in [0.1, 0.15) is 0 Å².